The van der Waals surface area contributed by atoms with Gasteiger partial charge in [0, 0.05) is 25.2 Å². The molecule has 0 aliphatic carbocycles. The highest BCUT2D eigenvalue weighted by atomic mass is 16.2. The third kappa shape index (κ3) is 1.40. The Morgan fingerprint density at radius 3 is 2.08 bits per heavy atom. The van der Waals surface area contributed by atoms with Gasteiger partial charge >= 0.3 is 6.03 Å². The topological polar surface area (TPSA) is 23.6 Å². The van der Waals surface area contributed by atoms with E-state index in [0.717, 1.165) is 6.54 Å². The van der Waals surface area contributed by atoms with Crippen LogP contribution in [0.4, 0.5) is 4.79 Å². The number of rotatable bonds is 0. The average molecular weight is 170 g/mol. The third-order valence-electron chi connectivity index (χ3n) is 2.45. The molecule has 3 nitrogen and oxygen atoms in total. The molecule has 1 saturated heterocycles. The number of hydrogen-bond acceptors (Lipinski definition) is 1. The maximum atomic E-state index is 11.6. The highest BCUT2D eigenvalue weighted by Gasteiger charge is 2.37. The second kappa shape index (κ2) is 2.64. The number of amides is 2. The van der Waals surface area contributed by atoms with Crippen LogP contribution < -0.4 is 0 Å². The van der Waals surface area contributed by atoms with Crippen molar-refractivity contribution in [2.45, 2.75) is 39.3 Å². The van der Waals surface area contributed by atoms with Gasteiger partial charge in [-0.2, -0.15) is 0 Å². The molecule has 1 rings (SSSR count). The predicted molar refractivity (Wildman–Crippen MR) is 49.1 cm³/mol. The van der Waals surface area contributed by atoms with Crippen molar-refractivity contribution in [1.29, 1.82) is 0 Å². The van der Waals surface area contributed by atoms with Gasteiger partial charge in [-0.25, -0.2) is 4.79 Å². The van der Waals surface area contributed by atoms with Gasteiger partial charge in [0.05, 0.1) is 0 Å². The Labute approximate surface area is 74.3 Å². The molecule has 3 heteroatoms. The number of likely N-dealkylation sites (N-methyl/N-ethyl adjacent to an activating group) is 1. The molecular weight excluding hydrogens is 152 g/mol. The summed E-state index contributed by atoms with van der Waals surface area (Å²) in [6.45, 7) is 9.12. The quantitative estimate of drug-likeness (QED) is 0.541. The van der Waals surface area contributed by atoms with Crippen LogP contribution in [0.25, 0.3) is 0 Å². The lowest BCUT2D eigenvalue weighted by Gasteiger charge is -2.30. The molecule has 1 unspecified atom stereocenters. The summed E-state index contributed by atoms with van der Waals surface area (Å²) in [5.41, 5.74) is -0.0455. The predicted octanol–water partition coefficient (Wildman–Crippen LogP) is 1.54. The van der Waals surface area contributed by atoms with E-state index in [0.29, 0.717) is 6.04 Å². The zero-order valence-corrected chi connectivity index (χ0v) is 8.59. The lowest BCUT2D eigenvalue weighted by molar-refractivity contribution is 0.159. The number of carbonyl (C=O) groups excluding carboxylic acids is 1. The minimum Gasteiger partial charge on any atom is -0.323 e. The summed E-state index contributed by atoms with van der Waals surface area (Å²) in [5, 5.41) is 0. The van der Waals surface area contributed by atoms with Crippen LogP contribution in [0.15, 0.2) is 0 Å². The van der Waals surface area contributed by atoms with Gasteiger partial charge in [-0.3, -0.25) is 0 Å². The molecule has 1 aliphatic heterocycles. The second-order valence-corrected chi connectivity index (χ2v) is 4.52. The minimum absolute atomic E-state index is 0.0455. The van der Waals surface area contributed by atoms with Crippen LogP contribution >= 0.6 is 0 Å². The van der Waals surface area contributed by atoms with Crippen molar-refractivity contribution < 1.29 is 4.79 Å². The van der Waals surface area contributed by atoms with Crippen LogP contribution in [0.1, 0.15) is 27.7 Å². The van der Waals surface area contributed by atoms with E-state index in [4.69, 9.17) is 0 Å². The molecule has 70 valence electrons. The van der Waals surface area contributed by atoms with E-state index >= 15 is 0 Å². The smallest absolute Gasteiger partial charge is 0.320 e. The first-order valence-corrected chi connectivity index (χ1v) is 4.38. The van der Waals surface area contributed by atoms with Gasteiger partial charge in [-0.05, 0) is 27.7 Å². The number of urea groups is 1. The summed E-state index contributed by atoms with van der Waals surface area (Å²) in [7, 11) is 1.86. The molecule has 0 saturated carbocycles. The molecule has 12 heavy (non-hydrogen) atoms. The molecule has 0 aromatic rings. The zero-order chi connectivity index (χ0) is 9.52. The Morgan fingerprint density at radius 1 is 1.42 bits per heavy atom. The van der Waals surface area contributed by atoms with E-state index < -0.39 is 0 Å². The van der Waals surface area contributed by atoms with Crippen molar-refractivity contribution >= 4 is 6.03 Å². The standard InChI is InChI=1S/C9H18N2O/c1-7-6-11(9(2,3)4)8(12)10(7)5/h7H,6H2,1-5H3. The molecule has 0 bridgehead atoms. The van der Waals surface area contributed by atoms with Crippen molar-refractivity contribution in [3.63, 3.8) is 0 Å². The van der Waals surface area contributed by atoms with Crippen molar-refractivity contribution in [2.75, 3.05) is 13.6 Å². The molecule has 0 aromatic heterocycles. The van der Waals surface area contributed by atoms with Crippen LogP contribution in [0.3, 0.4) is 0 Å². The highest BCUT2D eigenvalue weighted by molar-refractivity contribution is 5.77. The molecular formula is C9H18N2O. The lowest BCUT2D eigenvalue weighted by atomic mass is 10.1. The van der Waals surface area contributed by atoms with Gasteiger partial charge < -0.3 is 9.80 Å². The van der Waals surface area contributed by atoms with E-state index in [9.17, 15) is 4.79 Å². The zero-order valence-electron chi connectivity index (χ0n) is 8.59. The summed E-state index contributed by atoms with van der Waals surface area (Å²) >= 11 is 0. The number of nitrogens with zero attached hydrogens (tertiary/aromatic N) is 2. The Bertz CT molecular complexity index is 195. The van der Waals surface area contributed by atoms with Gasteiger partial charge in [0.25, 0.3) is 0 Å². The van der Waals surface area contributed by atoms with Crippen LogP contribution in [-0.2, 0) is 0 Å². The summed E-state index contributed by atoms with van der Waals surface area (Å²) in [5.74, 6) is 0. The van der Waals surface area contributed by atoms with Crippen molar-refractivity contribution in [2.24, 2.45) is 0 Å². The lowest BCUT2D eigenvalue weighted by Crippen LogP contribution is -2.43. The van der Waals surface area contributed by atoms with Gasteiger partial charge in [-0.15, -0.1) is 0 Å². The van der Waals surface area contributed by atoms with Crippen LogP contribution in [0.5, 0.6) is 0 Å². The summed E-state index contributed by atoms with van der Waals surface area (Å²) in [6, 6.07) is 0.492. The fourth-order valence-corrected chi connectivity index (χ4v) is 1.40. The van der Waals surface area contributed by atoms with Crippen LogP contribution in [-0.4, -0.2) is 41.0 Å². The molecule has 1 aliphatic rings. The normalized spacial score (nSPS) is 25.4. The fourth-order valence-electron chi connectivity index (χ4n) is 1.40. The van der Waals surface area contributed by atoms with Crippen molar-refractivity contribution in [3.05, 3.63) is 0 Å². The first-order chi connectivity index (χ1) is 5.34. The van der Waals surface area contributed by atoms with E-state index in [-0.39, 0.29) is 11.6 Å². The summed E-state index contributed by atoms with van der Waals surface area (Å²) in [4.78, 5) is 15.3. The van der Waals surface area contributed by atoms with Crippen molar-refractivity contribution in [1.82, 2.24) is 9.80 Å². The molecule has 0 spiro atoms. The molecule has 1 atom stereocenters. The molecule has 1 heterocycles. The number of carbonyl (C=O) groups is 1. The van der Waals surface area contributed by atoms with E-state index in [2.05, 4.69) is 27.7 Å². The molecule has 2 amide bonds. The van der Waals surface area contributed by atoms with Crippen LogP contribution in [0, 0.1) is 0 Å². The maximum absolute atomic E-state index is 11.6. The Morgan fingerprint density at radius 2 is 1.92 bits per heavy atom. The van der Waals surface area contributed by atoms with Crippen LogP contribution in [0.2, 0.25) is 0 Å². The second-order valence-electron chi connectivity index (χ2n) is 4.52. The Kier molecular flexibility index (Phi) is 2.06. The average Bonchev–Trinajstić information content (AvgIpc) is 2.15. The first kappa shape index (κ1) is 9.36. The van der Waals surface area contributed by atoms with E-state index in [1.54, 1.807) is 4.90 Å². The van der Waals surface area contributed by atoms with Gasteiger partial charge in [0.1, 0.15) is 0 Å². The summed E-state index contributed by atoms with van der Waals surface area (Å²) in [6.07, 6.45) is 0. The fraction of sp³-hybridized carbons (Fsp3) is 0.889. The summed E-state index contributed by atoms with van der Waals surface area (Å²) < 4.78 is 0. The highest BCUT2D eigenvalue weighted by Crippen LogP contribution is 2.22. The Balaban J connectivity index is 2.78. The van der Waals surface area contributed by atoms with Gasteiger partial charge in [0.15, 0.2) is 0 Å². The molecule has 0 N–H and O–H groups in total. The largest absolute Gasteiger partial charge is 0.323 e. The van der Waals surface area contributed by atoms with Gasteiger partial charge in [-0.1, -0.05) is 0 Å². The monoisotopic (exact) mass is 170 g/mol. The minimum atomic E-state index is -0.0455. The number of hydrogen-bond donors (Lipinski definition) is 0. The first-order valence-electron chi connectivity index (χ1n) is 4.38. The van der Waals surface area contributed by atoms with Crippen molar-refractivity contribution in [3.8, 4) is 0 Å². The SMILES string of the molecule is CC1CN(C(C)(C)C)C(=O)N1C. The van der Waals surface area contributed by atoms with Gasteiger partial charge in [0.2, 0.25) is 0 Å². The third-order valence-corrected chi connectivity index (χ3v) is 2.45. The van der Waals surface area contributed by atoms with E-state index in [1.807, 2.05) is 11.9 Å². The van der Waals surface area contributed by atoms with E-state index in [1.165, 1.54) is 0 Å². The Hall–Kier alpha value is -0.730. The maximum Gasteiger partial charge on any atom is 0.320 e. The molecule has 0 radical (unpaired) electrons. The molecule has 0 aromatic carbocycles. The molecule has 1 fully saturated rings.